The Morgan fingerprint density at radius 2 is 1.88 bits per heavy atom. The maximum Gasteiger partial charge on any atom is 0.135 e. The van der Waals surface area contributed by atoms with Crippen molar-refractivity contribution in [3.05, 3.63) is 59.9 Å². The van der Waals surface area contributed by atoms with Crippen LogP contribution in [0.15, 0.2) is 48.5 Å². The summed E-state index contributed by atoms with van der Waals surface area (Å²) in [5.74, 6) is 2.12. The number of rotatable bonds is 7. The summed E-state index contributed by atoms with van der Waals surface area (Å²) >= 11 is 0. The smallest absolute Gasteiger partial charge is 0.135 e. The van der Waals surface area contributed by atoms with Gasteiger partial charge in [0.2, 0.25) is 0 Å². The number of aromatic nitrogens is 2. The molecular weight excluding hydrogens is 300 g/mol. The molecule has 3 rings (SSSR count). The minimum atomic E-state index is -0.0711. The number of aliphatic hydroxyl groups is 1. The van der Waals surface area contributed by atoms with E-state index in [0.29, 0.717) is 24.9 Å². The zero-order chi connectivity index (χ0) is 16.9. The molecular formula is C20H24N2O2. The first-order chi connectivity index (χ1) is 11.7. The zero-order valence-corrected chi connectivity index (χ0v) is 14.3. The van der Waals surface area contributed by atoms with Gasteiger partial charge in [0.1, 0.15) is 24.8 Å². The zero-order valence-electron chi connectivity index (χ0n) is 14.3. The van der Waals surface area contributed by atoms with Crippen LogP contribution >= 0.6 is 0 Å². The summed E-state index contributed by atoms with van der Waals surface area (Å²) in [5, 5.41) is 9.52. The number of hydrogen-bond donors (Lipinski definition) is 1. The van der Waals surface area contributed by atoms with E-state index in [2.05, 4.69) is 31.0 Å². The van der Waals surface area contributed by atoms with Crippen LogP contribution < -0.4 is 4.74 Å². The van der Waals surface area contributed by atoms with E-state index in [1.807, 2.05) is 41.0 Å². The highest BCUT2D eigenvalue weighted by Crippen LogP contribution is 2.22. The lowest BCUT2D eigenvalue weighted by Gasteiger charge is -2.12. The molecule has 0 unspecified atom stereocenters. The SMILES string of the molecule is CC[C@@H](C)c1ccc(OCCn2c(CO)nc3ccccc32)cc1. The van der Waals surface area contributed by atoms with Gasteiger partial charge < -0.3 is 14.4 Å². The van der Waals surface area contributed by atoms with Gasteiger partial charge in [-0.05, 0) is 42.2 Å². The Kier molecular flexibility index (Phi) is 5.16. The van der Waals surface area contributed by atoms with Gasteiger partial charge in [-0.1, -0.05) is 38.1 Å². The van der Waals surface area contributed by atoms with Crippen molar-refractivity contribution in [3.8, 4) is 5.75 Å². The number of aliphatic hydroxyl groups excluding tert-OH is 1. The molecule has 0 amide bonds. The van der Waals surface area contributed by atoms with Gasteiger partial charge in [-0.2, -0.15) is 0 Å². The number of benzene rings is 2. The van der Waals surface area contributed by atoms with E-state index >= 15 is 0 Å². The molecule has 1 N–H and O–H groups in total. The van der Waals surface area contributed by atoms with Gasteiger partial charge in [0.15, 0.2) is 0 Å². The highest BCUT2D eigenvalue weighted by molar-refractivity contribution is 5.75. The molecule has 24 heavy (non-hydrogen) atoms. The third-order valence-electron chi connectivity index (χ3n) is 4.52. The van der Waals surface area contributed by atoms with Crippen LogP contribution in [-0.4, -0.2) is 21.3 Å². The van der Waals surface area contributed by atoms with Gasteiger partial charge in [0.25, 0.3) is 0 Å². The molecule has 0 aliphatic carbocycles. The Hall–Kier alpha value is -2.33. The lowest BCUT2D eigenvalue weighted by Crippen LogP contribution is -2.11. The van der Waals surface area contributed by atoms with Crippen molar-refractivity contribution >= 4 is 11.0 Å². The second kappa shape index (κ2) is 7.49. The van der Waals surface area contributed by atoms with Crippen LogP contribution in [0.1, 0.15) is 37.6 Å². The molecule has 126 valence electrons. The van der Waals surface area contributed by atoms with Crippen LogP contribution in [0.4, 0.5) is 0 Å². The lowest BCUT2D eigenvalue weighted by molar-refractivity contribution is 0.255. The number of imidazole rings is 1. The topological polar surface area (TPSA) is 47.3 Å². The van der Waals surface area contributed by atoms with E-state index in [4.69, 9.17) is 4.74 Å². The van der Waals surface area contributed by atoms with Gasteiger partial charge in [0.05, 0.1) is 17.6 Å². The highest BCUT2D eigenvalue weighted by atomic mass is 16.5. The summed E-state index contributed by atoms with van der Waals surface area (Å²) in [7, 11) is 0. The van der Waals surface area contributed by atoms with E-state index in [-0.39, 0.29) is 6.61 Å². The van der Waals surface area contributed by atoms with Crippen LogP contribution in [0, 0.1) is 0 Å². The molecule has 1 aromatic heterocycles. The fourth-order valence-corrected chi connectivity index (χ4v) is 2.88. The first-order valence-corrected chi connectivity index (χ1v) is 8.50. The third-order valence-corrected chi connectivity index (χ3v) is 4.52. The average molecular weight is 324 g/mol. The van der Waals surface area contributed by atoms with Crippen LogP contribution in [0.5, 0.6) is 5.75 Å². The Bertz CT molecular complexity index is 793. The van der Waals surface area contributed by atoms with E-state index in [9.17, 15) is 5.11 Å². The maximum absolute atomic E-state index is 9.52. The fourth-order valence-electron chi connectivity index (χ4n) is 2.88. The Balaban J connectivity index is 1.66. The van der Waals surface area contributed by atoms with Crippen molar-refractivity contribution in [2.45, 2.75) is 39.3 Å². The fraction of sp³-hybridized carbons (Fsp3) is 0.350. The largest absolute Gasteiger partial charge is 0.492 e. The van der Waals surface area contributed by atoms with Gasteiger partial charge >= 0.3 is 0 Å². The molecule has 0 radical (unpaired) electrons. The van der Waals surface area contributed by atoms with Crippen LogP contribution in [0.2, 0.25) is 0 Å². The minimum Gasteiger partial charge on any atom is -0.492 e. The van der Waals surface area contributed by atoms with E-state index < -0.39 is 0 Å². The van der Waals surface area contributed by atoms with Gasteiger partial charge in [-0.25, -0.2) is 4.98 Å². The molecule has 4 heteroatoms. The van der Waals surface area contributed by atoms with Crippen LogP contribution in [-0.2, 0) is 13.2 Å². The molecule has 0 bridgehead atoms. The lowest BCUT2D eigenvalue weighted by atomic mass is 9.99. The first kappa shape index (κ1) is 16.5. The van der Waals surface area contributed by atoms with Crippen molar-refractivity contribution in [1.82, 2.24) is 9.55 Å². The van der Waals surface area contributed by atoms with E-state index in [1.54, 1.807) is 0 Å². The molecule has 0 saturated heterocycles. The Morgan fingerprint density at radius 3 is 2.58 bits per heavy atom. The summed E-state index contributed by atoms with van der Waals surface area (Å²) < 4.78 is 7.88. The summed E-state index contributed by atoms with van der Waals surface area (Å²) in [5.41, 5.74) is 3.27. The van der Waals surface area contributed by atoms with Crippen molar-refractivity contribution < 1.29 is 9.84 Å². The second-order valence-electron chi connectivity index (χ2n) is 6.05. The molecule has 0 aliphatic rings. The molecule has 0 spiro atoms. The molecule has 0 fully saturated rings. The normalized spacial score (nSPS) is 12.5. The van der Waals surface area contributed by atoms with Gasteiger partial charge in [-0.3, -0.25) is 0 Å². The molecule has 2 aromatic carbocycles. The third kappa shape index (κ3) is 3.44. The number of hydrogen-bond acceptors (Lipinski definition) is 3. The predicted molar refractivity (Wildman–Crippen MR) is 96.3 cm³/mol. The van der Waals surface area contributed by atoms with E-state index in [0.717, 1.165) is 23.2 Å². The summed E-state index contributed by atoms with van der Waals surface area (Å²) in [6.07, 6.45) is 1.14. The molecule has 0 saturated carbocycles. The van der Waals surface area contributed by atoms with Crippen molar-refractivity contribution in [2.75, 3.05) is 6.61 Å². The Morgan fingerprint density at radius 1 is 1.12 bits per heavy atom. The van der Waals surface area contributed by atoms with Crippen LogP contribution in [0.3, 0.4) is 0 Å². The average Bonchev–Trinajstić information content (AvgIpc) is 2.99. The molecule has 0 aliphatic heterocycles. The number of fused-ring (bicyclic) bond motifs is 1. The summed E-state index contributed by atoms with van der Waals surface area (Å²) in [6, 6.07) is 16.2. The number of para-hydroxylation sites is 2. The maximum atomic E-state index is 9.52. The van der Waals surface area contributed by atoms with Crippen molar-refractivity contribution in [2.24, 2.45) is 0 Å². The molecule has 4 nitrogen and oxygen atoms in total. The predicted octanol–water partition coefficient (Wildman–Crippen LogP) is 4.12. The second-order valence-corrected chi connectivity index (χ2v) is 6.05. The number of nitrogens with zero attached hydrogens (tertiary/aromatic N) is 2. The van der Waals surface area contributed by atoms with Crippen molar-refractivity contribution in [1.29, 1.82) is 0 Å². The summed E-state index contributed by atoms with van der Waals surface area (Å²) in [4.78, 5) is 4.45. The van der Waals surface area contributed by atoms with Gasteiger partial charge in [-0.15, -0.1) is 0 Å². The number of ether oxygens (including phenoxy) is 1. The molecule has 1 heterocycles. The minimum absolute atomic E-state index is 0.0711. The molecule has 1 atom stereocenters. The van der Waals surface area contributed by atoms with E-state index in [1.165, 1.54) is 5.56 Å². The highest BCUT2D eigenvalue weighted by Gasteiger charge is 2.09. The summed E-state index contributed by atoms with van der Waals surface area (Å²) in [6.45, 7) is 5.55. The standard InChI is InChI=1S/C20H24N2O2/c1-3-15(2)16-8-10-17(11-9-16)24-13-12-22-19-7-5-4-6-18(19)21-20(22)14-23/h4-11,15,23H,3,12-14H2,1-2H3/t15-/m1/s1. The monoisotopic (exact) mass is 324 g/mol. The molecule has 3 aromatic rings. The first-order valence-electron chi connectivity index (χ1n) is 8.50. The van der Waals surface area contributed by atoms with Crippen LogP contribution in [0.25, 0.3) is 11.0 Å². The Labute approximate surface area is 142 Å². The van der Waals surface area contributed by atoms with Crippen molar-refractivity contribution in [3.63, 3.8) is 0 Å². The van der Waals surface area contributed by atoms with Gasteiger partial charge in [0, 0.05) is 0 Å². The quantitative estimate of drug-likeness (QED) is 0.711.